The van der Waals surface area contributed by atoms with Crippen LogP contribution >= 0.6 is 0 Å². The highest BCUT2D eigenvalue weighted by atomic mass is 16.5. The van der Waals surface area contributed by atoms with Gasteiger partial charge in [0.25, 0.3) is 0 Å². The Hall–Kier alpha value is -1.46. The zero-order valence-electron chi connectivity index (χ0n) is 11.6. The first kappa shape index (κ1) is 14.0. The van der Waals surface area contributed by atoms with Crippen LogP contribution in [-0.4, -0.2) is 39.1 Å². The molecule has 106 valence electrons. The molecule has 0 aliphatic heterocycles. The lowest BCUT2D eigenvalue weighted by atomic mass is 9.86. The minimum atomic E-state index is -0.0396. The molecule has 3 unspecified atom stereocenters. The standard InChI is InChI=1S/C14H21NO4/c1-4-18-14-12(15)8-13(14)19-11-6-9(16-2)5-10(7-11)17-3/h5-7,12-14H,4,8,15H2,1-3H3. The van der Waals surface area contributed by atoms with Crippen molar-refractivity contribution in [3.63, 3.8) is 0 Å². The van der Waals surface area contributed by atoms with E-state index < -0.39 is 0 Å². The van der Waals surface area contributed by atoms with Gasteiger partial charge in [0.05, 0.1) is 14.2 Å². The van der Waals surface area contributed by atoms with Gasteiger partial charge in [-0.05, 0) is 6.92 Å². The van der Waals surface area contributed by atoms with Crippen molar-refractivity contribution in [1.29, 1.82) is 0 Å². The zero-order chi connectivity index (χ0) is 13.8. The predicted octanol–water partition coefficient (Wildman–Crippen LogP) is 1.59. The molecule has 5 nitrogen and oxygen atoms in total. The van der Waals surface area contributed by atoms with E-state index in [0.29, 0.717) is 23.9 Å². The maximum Gasteiger partial charge on any atom is 0.128 e. The molecule has 1 aliphatic rings. The van der Waals surface area contributed by atoms with Crippen molar-refractivity contribution in [2.45, 2.75) is 31.6 Å². The molecular weight excluding hydrogens is 246 g/mol. The van der Waals surface area contributed by atoms with Crippen LogP contribution < -0.4 is 19.9 Å². The summed E-state index contributed by atoms with van der Waals surface area (Å²) in [7, 11) is 3.22. The fraction of sp³-hybridized carbons (Fsp3) is 0.571. The van der Waals surface area contributed by atoms with Crippen LogP contribution in [0, 0.1) is 0 Å². The van der Waals surface area contributed by atoms with E-state index in [1.54, 1.807) is 20.3 Å². The molecule has 1 aromatic rings. The minimum Gasteiger partial charge on any atom is -0.496 e. The van der Waals surface area contributed by atoms with Gasteiger partial charge in [0.1, 0.15) is 29.5 Å². The maximum absolute atomic E-state index is 5.91. The molecule has 3 atom stereocenters. The Morgan fingerprint density at radius 1 is 1.11 bits per heavy atom. The first-order chi connectivity index (χ1) is 9.17. The van der Waals surface area contributed by atoms with Gasteiger partial charge in [-0.15, -0.1) is 0 Å². The second-order valence-corrected chi connectivity index (χ2v) is 4.52. The van der Waals surface area contributed by atoms with E-state index in [1.165, 1.54) is 0 Å². The molecule has 0 aromatic heterocycles. The summed E-state index contributed by atoms with van der Waals surface area (Å²) in [5.41, 5.74) is 5.91. The van der Waals surface area contributed by atoms with Gasteiger partial charge in [0, 0.05) is 37.3 Å². The third-order valence-electron chi connectivity index (χ3n) is 3.26. The molecule has 1 saturated carbocycles. The number of methoxy groups -OCH3 is 2. The normalized spacial score (nSPS) is 25.6. The summed E-state index contributed by atoms with van der Waals surface area (Å²) in [4.78, 5) is 0. The molecule has 0 spiro atoms. The van der Waals surface area contributed by atoms with Crippen LogP contribution in [0.2, 0.25) is 0 Å². The lowest BCUT2D eigenvalue weighted by Gasteiger charge is -2.41. The second-order valence-electron chi connectivity index (χ2n) is 4.52. The lowest BCUT2D eigenvalue weighted by molar-refractivity contribution is -0.0946. The molecule has 1 fully saturated rings. The molecule has 0 heterocycles. The van der Waals surface area contributed by atoms with Crippen LogP contribution in [0.15, 0.2) is 18.2 Å². The molecule has 19 heavy (non-hydrogen) atoms. The second kappa shape index (κ2) is 6.12. The summed E-state index contributed by atoms with van der Waals surface area (Å²) >= 11 is 0. The van der Waals surface area contributed by atoms with Crippen molar-refractivity contribution in [1.82, 2.24) is 0 Å². The van der Waals surface area contributed by atoms with Gasteiger partial charge in [0.2, 0.25) is 0 Å². The van der Waals surface area contributed by atoms with Gasteiger partial charge in [-0.3, -0.25) is 0 Å². The molecular formula is C14H21NO4. The predicted molar refractivity (Wildman–Crippen MR) is 72.0 cm³/mol. The van der Waals surface area contributed by atoms with E-state index in [2.05, 4.69) is 0 Å². The SMILES string of the molecule is CCOC1C(N)CC1Oc1cc(OC)cc(OC)c1. The van der Waals surface area contributed by atoms with Gasteiger partial charge < -0.3 is 24.7 Å². The quantitative estimate of drug-likeness (QED) is 0.848. The molecule has 2 rings (SSSR count). The van der Waals surface area contributed by atoms with E-state index >= 15 is 0 Å². The van der Waals surface area contributed by atoms with E-state index in [9.17, 15) is 0 Å². The Morgan fingerprint density at radius 3 is 2.16 bits per heavy atom. The van der Waals surface area contributed by atoms with Crippen LogP contribution in [0.4, 0.5) is 0 Å². The van der Waals surface area contributed by atoms with Crippen LogP contribution in [0.25, 0.3) is 0 Å². The number of nitrogens with two attached hydrogens (primary N) is 1. The van der Waals surface area contributed by atoms with Crippen molar-refractivity contribution < 1.29 is 18.9 Å². The molecule has 0 saturated heterocycles. The Labute approximate surface area is 113 Å². The van der Waals surface area contributed by atoms with Crippen molar-refractivity contribution in [3.8, 4) is 17.2 Å². The van der Waals surface area contributed by atoms with Crippen LogP contribution in [0.1, 0.15) is 13.3 Å². The molecule has 0 amide bonds. The van der Waals surface area contributed by atoms with Gasteiger partial charge in [0.15, 0.2) is 0 Å². The maximum atomic E-state index is 5.91. The monoisotopic (exact) mass is 267 g/mol. The Balaban J connectivity index is 2.06. The first-order valence-electron chi connectivity index (χ1n) is 6.44. The fourth-order valence-electron chi connectivity index (χ4n) is 2.18. The highest BCUT2D eigenvalue weighted by molar-refractivity contribution is 5.42. The average Bonchev–Trinajstić information content (AvgIpc) is 2.43. The summed E-state index contributed by atoms with van der Waals surface area (Å²) in [5.74, 6) is 2.11. The third kappa shape index (κ3) is 3.11. The number of rotatable bonds is 6. The van der Waals surface area contributed by atoms with E-state index in [1.807, 2.05) is 19.1 Å². The minimum absolute atomic E-state index is 0.00763. The number of hydrogen-bond acceptors (Lipinski definition) is 5. The van der Waals surface area contributed by atoms with Gasteiger partial charge >= 0.3 is 0 Å². The highest BCUT2D eigenvalue weighted by Gasteiger charge is 2.41. The molecule has 1 aromatic carbocycles. The van der Waals surface area contributed by atoms with E-state index in [0.717, 1.165) is 6.42 Å². The molecule has 1 aliphatic carbocycles. The van der Waals surface area contributed by atoms with Gasteiger partial charge in [-0.1, -0.05) is 0 Å². The zero-order valence-corrected chi connectivity index (χ0v) is 11.6. The third-order valence-corrected chi connectivity index (χ3v) is 3.26. The molecule has 0 bridgehead atoms. The smallest absolute Gasteiger partial charge is 0.128 e. The van der Waals surface area contributed by atoms with Crippen molar-refractivity contribution in [3.05, 3.63) is 18.2 Å². The summed E-state index contributed by atoms with van der Waals surface area (Å²) in [5, 5.41) is 0. The molecule has 5 heteroatoms. The number of ether oxygens (including phenoxy) is 4. The van der Waals surface area contributed by atoms with Crippen molar-refractivity contribution >= 4 is 0 Å². The largest absolute Gasteiger partial charge is 0.496 e. The van der Waals surface area contributed by atoms with Crippen LogP contribution in [0.5, 0.6) is 17.2 Å². The molecule has 2 N–H and O–H groups in total. The topological polar surface area (TPSA) is 62.9 Å². The van der Waals surface area contributed by atoms with E-state index in [4.69, 9.17) is 24.7 Å². The number of benzene rings is 1. The van der Waals surface area contributed by atoms with E-state index in [-0.39, 0.29) is 18.2 Å². The Kier molecular flexibility index (Phi) is 4.50. The average molecular weight is 267 g/mol. The Morgan fingerprint density at radius 2 is 1.68 bits per heavy atom. The summed E-state index contributed by atoms with van der Waals surface area (Å²) in [6, 6.07) is 5.52. The summed E-state index contributed by atoms with van der Waals surface area (Å²) in [6.45, 7) is 2.59. The van der Waals surface area contributed by atoms with Crippen molar-refractivity contribution in [2.75, 3.05) is 20.8 Å². The first-order valence-corrected chi connectivity index (χ1v) is 6.44. The highest BCUT2D eigenvalue weighted by Crippen LogP contribution is 2.32. The Bertz CT molecular complexity index is 402. The van der Waals surface area contributed by atoms with Crippen molar-refractivity contribution in [2.24, 2.45) is 5.73 Å². The fourth-order valence-corrected chi connectivity index (χ4v) is 2.18. The van der Waals surface area contributed by atoms with Gasteiger partial charge in [-0.2, -0.15) is 0 Å². The summed E-state index contributed by atoms with van der Waals surface area (Å²) in [6.07, 6.45) is 0.749. The van der Waals surface area contributed by atoms with Gasteiger partial charge in [-0.25, -0.2) is 0 Å². The number of hydrogen-bond donors (Lipinski definition) is 1. The van der Waals surface area contributed by atoms with Crippen LogP contribution in [0.3, 0.4) is 0 Å². The van der Waals surface area contributed by atoms with Crippen LogP contribution in [-0.2, 0) is 4.74 Å². The molecule has 0 radical (unpaired) electrons. The lowest BCUT2D eigenvalue weighted by Crippen LogP contribution is -2.59. The summed E-state index contributed by atoms with van der Waals surface area (Å²) < 4.78 is 21.9.